The summed E-state index contributed by atoms with van der Waals surface area (Å²) < 4.78 is 5.02. The van der Waals surface area contributed by atoms with Gasteiger partial charge in [-0.15, -0.1) is 0 Å². The van der Waals surface area contributed by atoms with Crippen molar-refractivity contribution >= 4 is 0 Å². The van der Waals surface area contributed by atoms with Gasteiger partial charge in [-0.3, -0.25) is 0 Å². The van der Waals surface area contributed by atoms with Crippen molar-refractivity contribution in [3.05, 3.63) is 11.6 Å². The first-order valence-corrected chi connectivity index (χ1v) is 7.55. The largest absolute Gasteiger partial charge is 0.392 e. The third kappa shape index (κ3) is 3.73. The van der Waals surface area contributed by atoms with Crippen LogP contribution in [0.25, 0.3) is 0 Å². The van der Waals surface area contributed by atoms with Crippen molar-refractivity contribution in [2.24, 2.45) is 5.92 Å². The first-order chi connectivity index (χ1) is 10.8. The predicted octanol–water partition coefficient (Wildman–Crippen LogP) is -3.97. The summed E-state index contributed by atoms with van der Waals surface area (Å²) in [7, 11) is 0. The number of nitrogens with one attached hydrogen (secondary N) is 1. The molecule has 9 atom stereocenters. The number of hydrogen-bond acceptors (Lipinski definition) is 9. The van der Waals surface area contributed by atoms with Gasteiger partial charge >= 0.3 is 0 Å². The van der Waals surface area contributed by atoms with E-state index in [1.807, 2.05) is 0 Å². The van der Waals surface area contributed by atoms with Gasteiger partial charge in [0.15, 0.2) is 6.29 Å². The van der Waals surface area contributed by atoms with E-state index in [1.165, 1.54) is 6.08 Å². The van der Waals surface area contributed by atoms with E-state index >= 15 is 0 Å². The minimum Gasteiger partial charge on any atom is -0.392 e. The highest BCUT2D eigenvalue weighted by Crippen LogP contribution is 2.24. The lowest BCUT2D eigenvalue weighted by Crippen LogP contribution is -2.60. The number of rotatable bonds is 3. The molecule has 0 aromatic rings. The first kappa shape index (κ1) is 18.7. The predicted molar refractivity (Wildman–Crippen MR) is 77.0 cm³/mol. The molecular weight excluding hydrogens is 310 g/mol. The number of aliphatic hydroxyl groups excluding tert-OH is 7. The maximum absolute atomic E-state index is 10.2. The Balaban J connectivity index is 2.19. The second-order valence-corrected chi connectivity index (χ2v) is 6.23. The fourth-order valence-electron chi connectivity index (χ4n) is 2.99. The lowest BCUT2D eigenvalue weighted by atomic mass is 9.86. The molecule has 1 aliphatic carbocycles. The van der Waals surface area contributed by atoms with Crippen molar-refractivity contribution in [1.82, 2.24) is 5.32 Å². The Bertz CT molecular complexity index is 433. The summed E-state index contributed by atoms with van der Waals surface area (Å²) in [5, 5.41) is 71.4. The van der Waals surface area contributed by atoms with Crippen molar-refractivity contribution in [3.63, 3.8) is 0 Å². The van der Waals surface area contributed by atoms with Crippen LogP contribution in [-0.2, 0) is 4.74 Å². The molecule has 0 saturated carbocycles. The highest BCUT2D eigenvalue weighted by molar-refractivity contribution is 5.22. The minimum atomic E-state index is -1.53. The van der Waals surface area contributed by atoms with Crippen LogP contribution >= 0.6 is 0 Å². The summed E-state index contributed by atoms with van der Waals surface area (Å²) in [6, 6.07) is -1.61. The Morgan fingerprint density at radius 1 is 1.04 bits per heavy atom. The van der Waals surface area contributed by atoms with Gasteiger partial charge in [0.1, 0.15) is 30.5 Å². The number of hydrogen-bond donors (Lipinski definition) is 8. The average molecular weight is 335 g/mol. The highest BCUT2D eigenvalue weighted by Gasteiger charge is 2.43. The van der Waals surface area contributed by atoms with E-state index in [9.17, 15) is 35.7 Å². The molecule has 1 aliphatic heterocycles. The van der Waals surface area contributed by atoms with Crippen molar-refractivity contribution in [2.45, 2.75) is 55.8 Å². The van der Waals surface area contributed by atoms with Gasteiger partial charge < -0.3 is 45.8 Å². The van der Waals surface area contributed by atoms with Crippen molar-refractivity contribution in [1.29, 1.82) is 0 Å². The Morgan fingerprint density at radius 3 is 2.30 bits per heavy atom. The van der Waals surface area contributed by atoms with E-state index in [0.717, 1.165) is 0 Å². The molecular formula is C14H25NO8. The van der Waals surface area contributed by atoms with Crippen LogP contribution in [0.5, 0.6) is 0 Å². The molecule has 134 valence electrons. The molecule has 9 heteroatoms. The van der Waals surface area contributed by atoms with E-state index in [2.05, 4.69) is 5.32 Å². The molecule has 0 spiro atoms. The molecule has 0 bridgehead atoms. The van der Waals surface area contributed by atoms with Crippen molar-refractivity contribution in [3.8, 4) is 0 Å². The molecule has 23 heavy (non-hydrogen) atoms. The Labute approximate surface area is 133 Å². The van der Waals surface area contributed by atoms with E-state index in [0.29, 0.717) is 0 Å². The second kappa shape index (κ2) is 7.51. The third-order valence-electron chi connectivity index (χ3n) is 4.54. The molecule has 8 N–H and O–H groups in total. The van der Waals surface area contributed by atoms with Crippen LogP contribution in [0.2, 0.25) is 0 Å². The van der Waals surface area contributed by atoms with E-state index in [-0.39, 0.29) is 18.1 Å². The van der Waals surface area contributed by atoms with Crippen LogP contribution in [0.1, 0.15) is 6.92 Å². The zero-order chi connectivity index (χ0) is 17.3. The van der Waals surface area contributed by atoms with Crippen molar-refractivity contribution < 1.29 is 40.5 Å². The van der Waals surface area contributed by atoms with Gasteiger partial charge in [0.05, 0.1) is 19.3 Å². The van der Waals surface area contributed by atoms with Crippen LogP contribution in [0.15, 0.2) is 11.6 Å². The molecule has 1 heterocycles. The molecule has 1 saturated heterocycles. The van der Waals surface area contributed by atoms with Gasteiger partial charge in [0.2, 0.25) is 0 Å². The molecule has 0 aromatic carbocycles. The monoisotopic (exact) mass is 335 g/mol. The second-order valence-electron chi connectivity index (χ2n) is 6.23. The van der Waals surface area contributed by atoms with Gasteiger partial charge in [-0.2, -0.15) is 0 Å². The molecule has 2 aliphatic rings. The lowest BCUT2D eigenvalue weighted by molar-refractivity contribution is -0.177. The number of aliphatic hydroxyl groups is 7. The van der Waals surface area contributed by atoms with E-state index in [4.69, 9.17) is 4.74 Å². The fourth-order valence-corrected chi connectivity index (χ4v) is 2.99. The van der Waals surface area contributed by atoms with Gasteiger partial charge in [-0.25, -0.2) is 0 Å². The molecule has 0 radical (unpaired) electrons. The summed E-state index contributed by atoms with van der Waals surface area (Å²) in [6.45, 7) is 1.30. The summed E-state index contributed by atoms with van der Waals surface area (Å²) >= 11 is 0. The van der Waals surface area contributed by atoms with E-state index < -0.39 is 55.5 Å². The van der Waals surface area contributed by atoms with Gasteiger partial charge in [-0.1, -0.05) is 13.0 Å². The van der Waals surface area contributed by atoms with Gasteiger partial charge in [0, 0.05) is 6.04 Å². The van der Waals surface area contributed by atoms with Crippen LogP contribution in [0, 0.1) is 5.92 Å². The topological polar surface area (TPSA) is 163 Å². The Hall–Kier alpha value is -0.620. The smallest absolute Gasteiger partial charge is 0.183 e. The Kier molecular flexibility index (Phi) is 6.11. The maximum Gasteiger partial charge on any atom is 0.183 e. The highest BCUT2D eigenvalue weighted by atomic mass is 16.6. The first-order valence-electron chi connectivity index (χ1n) is 7.55. The molecule has 0 amide bonds. The third-order valence-corrected chi connectivity index (χ3v) is 4.54. The Morgan fingerprint density at radius 2 is 1.70 bits per heavy atom. The summed E-state index contributed by atoms with van der Waals surface area (Å²) in [5.74, 6) is -0.320. The summed E-state index contributed by atoms with van der Waals surface area (Å²) in [5.41, 5.74) is 0.146. The maximum atomic E-state index is 10.2. The SMILES string of the molecule is C[C@@H]1CO[C@H](O)[C@H](O)C(O)[C@@H]1N[C@@H]1C=C(CO)[C@H](O)[C@@H](O)C1O. The standard InChI is InChI=1S/C14H25NO8/c1-5-4-23-14(22)13(21)11(19)8(5)15-7-2-6(3-16)9(17)12(20)10(7)18/h2,5,7-22H,3-4H2,1H3/t5-,7-,8-,9+,10?,11?,12-,13-,14+/m1/s1. The average Bonchev–Trinajstić information content (AvgIpc) is 2.62. The zero-order valence-electron chi connectivity index (χ0n) is 12.7. The molecule has 2 rings (SSSR count). The molecule has 0 aromatic heterocycles. The number of ether oxygens (including phenoxy) is 1. The zero-order valence-corrected chi connectivity index (χ0v) is 12.7. The van der Waals surface area contributed by atoms with E-state index in [1.54, 1.807) is 6.92 Å². The van der Waals surface area contributed by atoms with Crippen LogP contribution < -0.4 is 5.32 Å². The summed E-state index contributed by atoms with van der Waals surface area (Å²) in [4.78, 5) is 0. The van der Waals surface area contributed by atoms with Crippen LogP contribution in [0.3, 0.4) is 0 Å². The fraction of sp³-hybridized carbons (Fsp3) is 0.857. The van der Waals surface area contributed by atoms with Crippen molar-refractivity contribution in [2.75, 3.05) is 13.2 Å². The van der Waals surface area contributed by atoms with Crippen LogP contribution in [0.4, 0.5) is 0 Å². The van der Waals surface area contributed by atoms with Gasteiger partial charge in [-0.05, 0) is 11.5 Å². The molecule has 9 nitrogen and oxygen atoms in total. The molecule has 1 fully saturated rings. The molecule has 2 unspecified atom stereocenters. The normalized spacial score (nSPS) is 48.7. The van der Waals surface area contributed by atoms with Crippen LogP contribution in [-0.4, -0.2) is 97.9 Å². The summed E-state index contributed by atoms with van der Waals surface area (Å²) in [6.07, 6.45) is -7.28. The minimum absolute atomic E-state index is 0.0670. The quantitative estimate of drug-likeness (QED) is 0.240. The van der Waals surface area contributed by atoms with Gasteiger partial charge in [0.25, 0.3) is 0 Å². The lowest BCUT2D eigenvalue weighted by Gasteiger charge is -2.38.